The molecule has 2 fully saturated rings. The van der Waals surface area contributed by atoms with Gasteiger partial charge in [0.25, 0.3) is 0 Å². The van der Waals surface area contributed by atoms with Crippen molar-refractivity contribution in [2.45, 2.75) is 57.4 Å². The van der Waals surface area contributed by atoms with Gasteiger partial charge in [-0.2, -0.15) is 0 Å². The number of carbonyl (C=O) groups is 1. The highest BCUT2D eigenvalue weighted by molar-refractivity contribution is 5.79. The lowest BCUT2D eigenvalue weighted by molar-refractivity contribution is -0.137. The van der Waals surface area contributed by atoms with Crippen LogP contribution in [0.3, 0.4) is 0 Å². The summed E-state index contributed by atoms with van der Waals surface area (Å²) in [5.74, 6) is 0.612. The molecule has 17 heavy (non-hydrogen) atoms. The molecule has 0 radical (unpaired) electrons. The summed E-state index contributed by atoms with van der Waals surface area (Å²) in [7, 11) is 2.02. The summed E-state index contributed by atoms with van der Waals surface area (Å²) in [5, 5.41) is 3.34. The molecule has 1 saturated heterocycles. The minimum Gasteiger partial charge on any atom is -0.342 e. The molecule has 0 bridgehead atoms. The second-order valence-electron chi connectivity index (χ2n) is 5.64. The van der Waals surface area contributed by atoms with Crippen molar-refractivity contribution < 1.29 is 4.79 Å². The third kappa shape index (κ3) is 3.44. The van der Waals surface area contributed by atoms with Crippen LogP contribution in [0, 0.1) is 5.92 Å². The van der Waals surface area contributed by atoms with Crippen LogP contribution in [0.15, 0.2) is 0 Å². The number of nitrogens with zero attached hydrogens (tertiary/aromatic N) is 1. The predicted molar refractivity (Wildman–Crippen MR) is 69.9 cm³/mol. The molecule has 1 aliphatic carbocycles. The molecule has 0 aromatic rings. The Bertz CT molecular complexity index is 241. The van der Waals surface area contributed by atoms with Crippen molar-refractivity contribution in [1.29, 1.82) is 0 Å². The molecule has 0 spiro atoms. The number of nitrogens with one attached hydrogen (secondary N) is 1. The SMILES string of the molecule is CN(C(=O)C1CCCNC1)C1CCCCCC1. The van der Waals surface area contributed by atoms with Gasteiger partial charge in [0.2, 0.25) is 5.91 Å². The highest BCUT2D eigenvalue weighted by Gasteiger charge is 2.28. The number of piperidine rings is 1. The van der Waals surface area contributed by atoms with E-state index in [1.165, 1.54) is 38.5 Å². The van der Waals surface area contributed by atoms with Crippen molar-refractivity contribution in [2.75, 3.05) is 20.1 Å². The fraction of sp³-hybridized carbons (Fsp3) is 0.929. The maximum atomic E-state index is 12.4. The molecule has 0 aromatic heterocycles. The van der Waals surface area contributed by atoms with Crippen molar-refractivity contribution in [3.05, 3.63) is 0 Å². The molecule has 1 aliphatic heterocycles. The van der Waals surface area contributed by atoms with Gasteiger partial charge in [0.05, 0.1) is 5.92 Å². The monoisotopic (exact) mass is 238 g/mol. The average molecular weight is 238 g/mol. The molecule has 1 N–H and O–H groups in total. The molecular weight excluding hydrogens is 212 g/mol. The maximum Gasteiger partial charge on any atom is 0.226 e. The summed E-state index contributed by atoms with van der Waals surface area (Å²) in [6.45, 7) is 1.97. The summed E-state index contributed by atoms with van der Waals surface area (Å²) in [5.41, 5.74) is 0. The third-order valence-corrected chi connectivity index (χ3v) is 4.37. The van der Waals surface area contributed by atoms with Crippen molar-refractivity contribution in [2.24, 2.45) is 5.92 Å². The number of rotatable bonds is 2. The van der Waals surface area contributed by atoms with Crippen molar-refractivity contribution in [3.8, 4) is 0 Å². The largest absolute Gasteiger partial charge is 0.342 e. The highest BCUT2D eigenvalue weighted by Crippen LogP contribution is 2.23. The van der Waals surface area contributed by atoms with Gasteiger partial charge < -0.3 is 10.2 Å². The molecular formula is C14H26N2O. The second kappa shape index (κ2) is 6.39. The van der Waals surface area contributed by atoms with Crippen LogP contribution in [-0.4, -0.2) is 37.0 Å². The second-order valence-corrected chi connectivity index (χ2v) is 5.64. The van der Waals surface area contributed by atoms with E-state index >= 15 is 0 Å². The fourth-order valence-corrected chi connectivity index (χ4v) is 3.18. The summed E-state index contributed by atoms with van der Waals surface area (Å²) in [6.07, 6.45) is 9.94. The van der Waals surface area contributed by atoms with Gasteiger partial charge in [0.1, 0.15) is 0 Å². The molecule has 1 saturated carbocycles. The van der Waals surface area contributed by atoms with Crippen molar-refractivity contribution in [1.82, 2.24) is 10.2 Å². The molecule has 1 amide bonds. The number of hydrogen-bond donors (Lipinski definition) is 1. The number of amides is 1. The zero-order valence-corrected chi connectivity index (χ0v) is 11.1. The van der Waals surface area contributed by atoms with E-state index in [-0.39, 0.29) is 5.92 Å². The van der Waals surface area contributed by atoms with Gasteiger partial charge in [-0.1, -0.05) is 25.7 Å². The zero-order chi connectivity index (χ0) is 12.1. The predicted octanol–water partition coefficient (Wildman–Crippen LogP) is 2.17. The van der Waals surface area contributed by atoms with Gasteiger partial charge in [-0.25, -0.2) is 0 Å². The van der Waals surface area contributed by atoms with E-state index in [1.807, 2.05) is 7.05 Å². The lowest BCUT2D eigenvalue weighted by atomic mass is 9.96. The van der Waals surface area contributed by atoms with Crippen molar-refractivity contribution >= 4 is 5.91 Å². The molecule has 1 unspecified atom stereocenters. The average Bonchev–Trinajstić information content (AvgIpc) is 2.67. The first-order chi connectivity index (χ1) is 8.29. The first-order valence-electron chi connectivity index (χ1n) is 7.26. The fourth-order valence-electron chi connectivity index (χ4n) is 3.18. The van der Waals surface area contributed by atoms with Crippen LogP contribution in [0.5, 0.6) is 0 Å². The quantitative estimate of drug-likeness (QED) is 0.748. The third-order valence-electron chi connectivity index (χ3n) is 4.37. The van der Waals surface area contributed by atoms with Gasteiger partial charge in [-0.15, -0.1) is 0 Å². The maximum absolute atomic E-state index is 12.4. The summed E-state index contributed by atoms with van der Waals surface area (Å²) in [6, 6.07) is 0.506. The molecule has 3 heteroatoms. The molecule has 1 atom stereocenters. The number of carbonyl (C=O) groups excluding carboxylic acids is 1. The van der Waals surface area contributed by atoms with E-state index in [2.05, 4.69) is 10.2 Å². The van der Waals surface area contributed by atoms with E-state index in [0.717, 1.165) is 25.9 Å². The number of hydrogen-bond acceptors (Lipinski definition) is 2. The Morgan fingerprint density at radius 1 is 1.06 bits per heavy atom. The van der Waals surface area contributed by atoms with Crippen LogP contribution in [0.4, 0.5) is 0 Å². The van der Waals surface area contributed by atoms with Gasteiger partial charge in [0, 0.05) is 19.6 Å². The van der Waals surface area contributed by atoms with E-state index in [9.17, 15) is 4.79 Å². The minimum atomic E-state index is 0.233. The van der Waals surface area contributed by atoms with E-state index in [4.69, 9.17) is 0 Å². The van der Waals surface area contributed by atoms with Crippen LogP contribution in [-0.2, 0) is 4.79 Å². The van der Waals surface area contributed by atoms with Gasteiger partial charge in [0.15, 0.2) is 0 Å². The summed E-state index contributed by atoms with van der Waals surface area (Å²) >= 11 is 0. The molecule has 2 aliphatic rings. The summed E-state index contributed by atoms with van der Waals surface area (Å²) < 4.78 is 0. The van der Waals surface area contributed by atoms with Crippen LogP contribution < -0.4 is 5.32 Å². The van der Waals surface area contributed by atoms with Crippen LogP contribution in [0.1, 0.15) is 51.4 Å². The highest BCUT2D eigenvalue weighted by atomic mass is 16.2. The first kappa shape index (κ1) is 12.9. The van der Waals surface area contributed by atoms with E-state index in [0.29, 0.717) is 11.9 Å². The van der Waals surface area contributed by atoms with E-state index < -0.39 is 0 Å². The van der Waals surface area contributed by atoms with Crippen LogP contribution in [0.25, 0.3) is 0 Å². The molecule has 0 aromatic carbocycles. The van der Waals surface area contributed by atoms with Gasteiger partial charge in [-0.05, 0) is 32.2 Å². The Morgan fingerprint density at radius 2 is 1.76 bits per heavy atom. The Balaban J connectivity index is 1.88. The van der Waals surface area contributed by atoms with Crippen molar-refractivity contribution in [3.63, 3.8) is 0 Å². The van der Waals surface area contributed by atoms with Gasteiger partial charge in [-0.3, -0.25) is 4.79 Å². The van der Waals surface area contributed by atoms with E-state index in [1.54, 1.807) is 0 Å². The smallest absolute Gasteiger partial charge is 0.226 e. The molecule has 3 nitrogen and oxygen atoms in total. The molecule has 2 rings (SSSR count). The standard InChI is InChI=1S/C14H26N2O/c1-16(13-8-4-2-3-5-9-13)14(17)12-7-6-10-15-11-12/h12-13,15H,2-11H2,1H3. The Morgan fingerprint density at radius 3 is 2.35 bits per heavy atom. The summed E-state index contributed by atoms with van der Waals surface area (Å²) in [4.78, 5) is 14.5. The lowest BCUT2D eigenvalue weighted by Crippen LogP contribution is -2.45. The normalized spacial score (nSPS) is 27.5. The molecule has 98 valence electrons. The molecule has 1 heterocycles. The Hall–Kier alpha value is -0.570. The van der Waals surface area contributed by atoms with Crippen LogP contribution >= 0.6 is 0 Å². The zero-order valence-electron chi connectivity index (χ0n) is 11.1. The van der Waals surface area contributed by atoms with Gasteiger partial charge >= 0.3 is 0 Å². The Kier molecular flexibility index (Phi) is 4.84. The topological polar surface area (TPSA) is 32.3 Å². The van der Waals surface area contributed by atoms with Crippen LogP contribution in [0.2, 0.25) is 0 Å². The minimum absolute atomic E-state index is 0.233. The first-order valence-corrected chi connectivity index (χ1v) is 7.26. The Labute approximate surface area is 105 Å². The lowest BCUT2D eigenvalue weighted by Gasteiger charge is -2.32.